The van der Waals surface area contributed by atoms with E-state index < -0.39 is 0 Å². The standard InChI is InChI=1S/C3H5S2/c1-3(5)2-4/h1,4-5H,2H2. The van der Waals surface area contributed by atoms with Crippen LogP contribution in [0.25, 0.3) is 0 Å². The van der Waals surface area contributed by atoms with Crippen LogP contribution < -0.4 is 0 Å². The molecule has 29 valence electrons. The predicted molar refractivity (Wildman–Crippen MR) is 30.7 cm³/mol. The van der Waals surface area contributed by atoms with Crippen LogP contribution in [0.2, 0.25) is 0 Å². The van der Waals surface area contributed by atoms with Crippen molar-refractivity contribution >= 4 is 25.3 Å². The van der Waals surface area contributed by atoms with Crippen LogP contribution in [0.3, 0.4) is 0 Å². The fourth-order valence-corrected chi connectivity index (χ4v) is 0. The van der Waals surface area contributed by atoms with Crippen molar-refractivity contribution in [2.45, 2.75) is 0 Å². The Morgan fingerprint density at radius 2 is 2.00 bits per heavy atom. The van der Waals surface area contributed by atoms with Gasteiger partial charge in [-0.05, 0) is 4.91 Å². The summed E-state index contributed by atoms with van der Waals surface area (Å²) in [5.74, 6) is 0.559. The van der Waals surface area contributed by atoms with Crippen molar-refractivity contribution in [1.29, 1.82) is 0 Å². The van der Waals surface area contributed by atoms with Gasteiger partial charge in [0, 0.05) is 5.75 Å². The maximum absolute atomic E-state index is 5.00. The molecule has 0 aliphatic rings. The summed E-state index contributed by atoms with van der Waals surface area (Å²) in [6.45, 7) is 5.00. The number of rotatable bonds is 1. The summed E-state index contributed by atoms with van der Waals surface area (Å²) in [6, 6.07) is 0. The molecule has 0 aliphatic heterocycles. The first-order chi connectivity index (χ1) is 2.27. The van der Waals surface area contributed by atoms with Crippen molar-refractivity contribution in [3.63, 3.8) is 0 Å². The van der Waals surface area contributed by atoms with Crippen molar-refractivity contribution in [2.75, 3.05) is 5.75 Å². The van der Waals surface area contributed by atoms with Gasteiger partial charge in [-0.1, -0.05) is 6.58 Å². The fraction of sp³-hybridized carbons (Fsp3) is 0.333. The van der Waals surface area contributed by atoms with Crippen molar-refractivity contribution in [2.24, 2.45) is 0 Å². The largest absolute Gasteiger partial charge is 0.174 e. The minimum absolute atomic E-state index is 0.559. The zero-order chi connectivity index (χ0) is 4.28. The fourth-order valence-electron chi connectivity index (χ4n) is 0. The van der Waals surface area contributed by atoms with Crippen molar-refractivity contribution in [3.8, 4) is 0 Å². The van der Waals surface area contributed by atoms with E-state index in [4.69, 9.17) is 6.58 Å². The van der Waals surface area contributed by atoms with E-state index in [9.17, 15) is 0 Å². The van der Waals surface area contributed by atoms with E-state index in [1.165, 1.54) is 0 Å². The van der Waals surface area contributed by atoms with Crippen LogP contribution in [-0.2, 0) is 0 Å². The molecule has 0 rings (SSSR count). The van der Waals surface area contributed by atoms with E-state index in [0.717, 1.165) is 0 Å². The van der Waals surface area contributed by atoms with Gasteiger partial charge in [-0.3, -0.25) is 0 Å². The first-order valence-electron chi connectivity index (χ1n) is 1.18. The molecule has 0 amide bonds. The summed E-state index contributed by atoms with van der Waals surface area (Å²) >= 11 is 7.49. The highest BCUT2D eigenvalue weighted by Crippen LogP contribution is 1.94. The monoisotopic (exact) mass is 105 g/mol. The molecule has 0 heterocycles. The Morgan fingerprint density at radius 3 is 2.00 bits per heavy atom. The lowest BCUT2D eigenvalue weighted by Crippen LogP contribution is -1.61. The van der Waals surface area contributed by atoms with E-state index in [2.05, 4.69) is 25.3 Å². The molecule has 2 heteroatoms. The topological polar surface area (TPSA) is 0 Å². The Morgan fingerprint density at radius 1 is 1.80 bits per heavy atom. The quantitative estimate of drug-likeness (QED) is 0.459. The van der Waals surface area contributed by atoms with Gasteiger partial charge < -0.3 is 0 Å². The van der Waals surface area contributed by atoms with Gasteiger partial charge in [-0.15, -0.1) is 12.6 Å². The summed E-state index contributed by atoms with van der Waals surface area (Å²) in [5, 5.41) is 0. The van der Waals surface area contributed by atoms with Crippen LogP contribution in [-0.4, -0.2) is 5.75 Å². The minimum atomic E-state index is 0.559. The van der Waals surface area contributed by atoms with Gasteiger partial charge in [0.2, 0.25) is 0 Å². The van der Waals surface area contributed by atoms with E-state index in [1.54, 1.807) is 0 Å². The summed E-state index contributed by atoms with van der Waals surface area (Å²) in [4.78, 5) is 0.563. The summed E-state index contributed by atoms with van der Waals surface area (Å²) in [6.07, 6.45) is 0. The van der Waals surface area contributed by atoms with Gasteiger partial charge >= 0.3 is 0 Å². The highest BCUT2D eigenvalue weighted by atomic mass is 32.1. The summed E-state index contributed by atoms with van der Waals surface area (Å²) in [5.41, 5.74) is 0. The zero-order valence-electron chi connectivity index (χ0n) is 2.68. The molecule has 0 unspecified atom stereocenters. The van der Waals surface area contributed by atoms with Crippen molar-refractivity contribution < 1.29 is 0 Å². The highest BCUT2D eigenvalue weighted by Gasteiger charge is 1.70. The van der Waals surface area contributed by atoms with Gasteiger partial charge in [0.05, 0.1) is 0 Å². The highest BCUT2D eigenvalue weighted by molar-refractivity contribution is 7.87. The second kappa shape index (κ2) is 2.67. The molecule has 0 fully saturated rings. The van der Waals surface area contributed by atoms with Crippen molar-refractivity contribution in [1.82, 2.24) is 0 Å². The maximum atomic E-state index is 5.00. The summed E-state index contributed by atoms with van der Waals surface area (Å²) in [7, 11) is 0. The van der Waals surface area contributed by atoms with Gasteiger partial charge in [0.15, 0.2) is 0 Å². The van der Waals surface area contributed by atoms with Gasteiger partial charge in [-0.25, -0.2) is 0 Å². The minimum Gasteiger partial charge on any atom is -0.174 e. The lowest BCUT2D eigenvalue weighted by atomic mass is 10.7. The molecule has 0 aliphatic carbocycles. The average Bonchev–Trinajstić information content (AvgIpc) is 1.38. The third-order valence-corrected chi connectivity index (χ3v) is 0.910. The van der Waals surface area contributed by atoms with Gasteiger partial charge in [0.1, 0.15) is 0 Å². The Labute approximate surface area is 43.1 Å². The third kappa shape index (κ3) is 4.44. The Bertz CT molecular complexity index is 40.2. The molecule has 0 saturated heterocycles. The molecule has 0 N–H and O–H groups in total. The molecular weight excluding hydrogens is 100 g/mol. The van der Waals surface area contributed by atoms with Crippen LogP contribution in [0, 0.1) is 6.58 Å². The smallest absolute Gasteiger partial charge is 0.0211 e. The van der Waals surface area contributed by atoms with E-state index in [1.807, 2.05) is 0 Å². The summed E-state index contributed by atoms with van der Waals surface area (Å²) < 4.78 is 0. The molecule has 0 atom stereocenters. The van der Waals surface area contributed by atoms with Crippen molar-refractivity contribution in [3.05, 3.63) is 11.5 Å². The third-order valence-electron chi connectivity index (χ3n) is 0.162. The predicted octanol–water partition coefficient (Wildman–Crippen LogP) is 1.16. The second-order valence-corrected chi connectivity index (χ2v) is 1.54. The first kappa shape index (κ1) is 5.44. The molecule has 0 aromatic carbocycles. The molecule has 0 aromatic heterocycles. The van der Waals surface area contributed by atoms with E-state index in [-0.39, 0.29) is 0 Å². The molecule has 0 spiro atoms. The second-order valence-electron chi connectivity index (χ2n) is 0.649. The Kier molecular flexibility index (Phi) is 2.90. The number of hydrogen-bond acceptors (Lipinski definition) is 2. The molecule has 1 radical (unpaired) electrons. The van der Waals surface area contributed by atoms with E-state index >= 15 is 0 Å². The Hall–Kier alpha value is 0.440. The number of hydrogen-bond donors (Lipinski definition) is 2. The van der Waals surface area contributed by atoms with Gasteiger partial charge in [-0.2, -0.15) is 12.6 Å². The average molecular weight is 105 g/mol. The molecule has 0 aromatic rings. The Balaban J connectivity index is 2.85. The lowest BCUT2D eigenvalue weighted by molar-refractivity contribution is 1.77. The molecule has 0 saturated carbocycles. The molecule has 5 heavy (non-hydrogen) atoms. The zero-order valence-corrected chi connectivity index (χ0v) is 4.47. The SMILES string of the molecule is [CH]=C(S)CS. The number of thiol groups is 2. The molecule has 0 bridgehead atoms. The maximum Gasteiger partial charge on any atom is 0.0211 e. The molecule has 0 nitrogen and oxygen atoms in total. The first-order valence-corrected chi connectivity index (χ1v) is 2.26. The van der Waals surface area contributed by atoms with Crippen LogP contribution >= 0.6 is 25.3 Å². The van der Waals surface area contributed by atoms with Gasteiger partial charge in [0.25, 0.3) is 0 Å². The van der Waals surface area contributed by atoms with Crippen LogP contribution in [0.1, 0.15) is 0 Å². The van der Waals surface area contributed by atoms with E-state index in [0.29, 0.717) is 10.7 Å². The lowest BCUT2D eigenvalue weighted by Gasteiger charge is -1.77. The van der Waals surface area contributed by atoms with Crippen LogP contribution in [0.15, 0.2) is 4.91 Å². The normalized spacial score (nSPS) is 7.60. The van der Waals surface area contributed by atoms with Crippen LogP contribution in [0.5, 0.6) is 0 Å². The molecular formula is C3H5S2. The van der Waals surface area contributed by atoms with Crippen LogP contribution in [0.4, 0.5) is 0 Å².